The second-order valence-electron chi connectivity index (χ2n) is 4.03. The number of hydrogen-bond acceptors (Lipinski definition) is 5. The van der Waals surface area contributed by atoms with Gasteiger partial charge in [-0.25, -0.2) is 0 Å². The van der Waals surface area contributed by atoms with Crippen molar-refractivity contribution in [1.29, 1.82) is 0 Å². The molecule has 94 valence electrons. The van der Waals surface area contributed by atoms with Gasteiger partial charge in [-0.1, -0.05) is 6.92 Å². The van der Waals surface area contributed by atoms with Gasteiger partial charge in [0.2, 0.25) is 5.88 Å². The highest BCUT2D eigenvalue weighted by atomic mass is 16.5. The van der Waals surface area contributed by atoms with Crippen LogP contribution in [0.3, 0.4) is 0 Å². The maximum Gasteiger partial charge on any atom is 0.308 e. The Morgan fingerprint density at radius 2 is 2.18 bits per heavy atom. The van der Waals surface area contributed by atoms with Gasteiger partial charge in [0.1, 0.15) is 5.82 Å². The van der Waals surface area contributed by atoms with E-state index in [1.165, 1.54) is 12.4 Å². The number of hydrogen-bond donors (Lipinski definition) is 2. The van der Waals surface area contributed by atoms with Gasteiger partial charge in [-0.15, -0.1) is 0 Å². The lowest BCUT2D eigenvalue weighted by Gasteiger charge is -2.11. The largest absolute Gasteiger partial charge is 0.481 e. The summed E-state index contributed by atoms with van der Waals surface area (Å²) in [5, 5.41) is 11.6. The molecule has 0 aliphatic heterocycles. The molecule has 0 bridgehead atoms. The Balaban J connectivity index is 2.56. The average Bonchev–Trinajstić information content (AvgIpc) is 2.25. The van der Waals surface area contributed by atoms with Crippen LogP contribution in [-0.2, 0) is 4.79 Å². The molecule has 0 radical (unpaired) electrons. The van der Waals surface area contributed by atoms with E-state index in [9.17, 15) is 4.79 Å². The van der Waals surface area contributed by atoms with Crippen molar-refractivity contribution < 1.29 is 14.6 Å². The van der Waals surface area contributed by atoms with Gasteiger partial charge in [-0.2, -0.15) is 4.98 Å². The summed E-state index contributed by atoms with van der Waals surface area (Å²) in [4.78, 5) is 18.8. The van der Waals surface area contributed by atoms with Gasteiger partial charge in [0.25, 0.3) is 0 Å². The zero-order chi connectivity index (χ0) is 12.8. The molecule has 2 N–H and O–H groups in total. The van der Waals surface area contributed by atoms with Crippen LogP contribution in [0.25, 0.3) is 0 Å². The Morgan fingerprint density at radius 1 is 1.47 bits per heavy atom. The summed E-state index contributed by atoms with van der Waals surface area (Å²) in [5.74, 6) is -0.393. The topological polar surface area (TPSA) is 84.3 Å². The van der Waals surface area contributed by atoms with E-state index >= 15 is 0 Å². The fourth-order valence-corrected chi connectivity index (χ4v) is 1.08. The quantitative estimate of drug-likeness (QED) is 0.780. The number of nitrogens with zero attached hydrogens (tertiary/aromatic N) is 2. The van der Waals surface area contributed by atoms with Crippen molar-refractivity contribution in [3.05, 3.63) is 12.4 Å². The van der Waals surface area contributed by atoms with Gasteiger partial charge in [0.15, 0.2) is 0 Å². The highest BCUT2D eigenvalue weighted by Crippen LogP contribution is 2.11. The van der Waals surface area contributed by atoms with Crippen LogP contribution < -0.4 is 10.1 Å². The van der Waals surface area contributed by atoms with Gasteiger partial charge in [-0.3, -0.25) is 9.78 Å². The van der Waals surface area contributed by atoms with E-state index in [1.807, 2.05) is 13.8 Å². The fraction of sp³-hybridized carbons (Fsp3) is 0.545. The lowest BCUT2D eigenvalue weighted by atomic mass is 10.2. The van der Waals surface area contributed by atoms with Crippen molar-refractivity contribution in [3.8, 4) is 5.88 Å². The number of rotatable bonds is 6. The van der Waals surface area contributed by atoms with Gasteiger partial charge < -0.3 is 15.2 Å². The summed E-state index contributed by atoms with van der Waals surface area (Å²) in [5.41, 5.74) is 0. The summed E-state index contributed by atoms with van der Waals surface area (Å²) in [7, 11) is 0. The first-order valence-corrected chi connectivity index (χ1v) is 5.44. The van der Waals surface area contributed by atoms with Gasteiger partial charge in [0.05, 0.1) is 24.4 Å². The third-order valence-electron chi connectivity index (χ3n) is 1.98. The molecule has 1 heterocycles. The molecule has 17 heavy (non-hydrogen) atoms. The Kier molecular flexibility index (Phi) is 4.68. The van der Waals surface area contributed by atoms with Crippen LogP contribution in [0, 0.1) is 5.92 Å². The van der Waals surface area contributed by atoms with E-state index in [2.05, 4.69) is 15.3 Å². The molecule has 6 heteroatoms. The summed E-state index contributed by atoms with van der Waals surface area (Å²) >= 11 is 0. The highest BCUT2D eigenvalue weighted by Gasteiger charge is 2.10. The van der Waals surface area contributed by atoms with E-state index < -0.39 is 11.9 Å². The summed E-state index contributed by atoms with van der Waals surface area (Å²) in [6, 6.07) is 0. The maximum absolute atomic E-state index is 10.6. The minimum absolute atomic E-state index is 0.0255. The SMILES string of the molecule is CC(C)Oc1cncc(NCC(C)C(=O)O)n1. The van der Waals surface area contributed by atoms with E-state index in [1.54, 1.807) is 6.92 Å². The lowest BCUT2D eigenvalue weighted by Crippen LogP contribution is -2.20. The van der Waals surface area contributed by atoms with Crippen LogP contribution in [-0.4, -0.2) is 33.7 Å². The molecule has 0 aliphatic carbocycles. The highest BCUT2D eigenvalue weighted by molar-refractivity contribution is 5.70. The van der Waals surface area contributed by atoms with Gasteiger partial charge in [0, 0.05) is 6.54 Å². The Morgan fingerprint density at radius 3 is 2.76 bits per heavy atom. The van der Waals surface area contributed by atoms with Gasteiger partial charge in [-0.05, 0) is 13.8 Å². The second-order valence-corrected chi connectivity index (χ2v) is 4.03. The standard InChI is InChI=1S/C11H17N3O3/c1-7(2)17-10-6-12-5-9(14-10)13-4-8(3)11(15)16/h5-8H,4H2,1-3H3,(H,13,14)(H,15,16). The first-order chi connectivity index (χ1) is 7.99. The summed E-state index contributed by atoms with van der Waals surface area (Å²) in [6.45, 7) is 5.72. The molecular formula is C11H17N3O3. The number of aliphatic carboxylic acids is 1. The zero-order valence-corrected chi connectivity index (χ0v) is 10.2. The van der Waals surface area contributed by atoms with Crippen molar-refractivity contribution in [2.24, 2.45) is 5.92 Å². The molecular weight excluding hydrogens is 222 g/mol. The number of aromatic nitrogens is 2. The summed E-state index contributed by atoms with van der Waals surface area (Å²) < 4.78 is 5.38. The molecule has 0 saturated heterocycles. The Hall–Kier alpha value is -1.85. The van der Waals surface area contributed by atoms with Crippen LogP contribution in [0.4, 0.5) is 5.82 Å². The monoisotopic (exact) mass is 239 g/mol. The Labute approximate surface area is 100 Å². The fourth-order valence-electron chi connectivity index (χ4n) is 1.08. The van der Waals surface area contributed by atoms with Crippen LogP contribution in [0.2, 0.25) is 0 Å². The van der Waals surface area contributed by atoms with Crippen LogP contribution in [0.5, 0.6) is 5.88 Å². The van der Waals surface area contributed by atoms with Crippen molar-refractivity contribution in [2.75, 3.05) is 11.9 Å². The normalized spacial score (nSPS) is 12.2. The molecule has 0 spiro atoms. The van der Waals surface area contributed by atoms with E-state index in [0.29, 0.717) is 18.2 Å². The molecule has 1 atom stereocenters. The maximum atomic E-state index is 10.6. The predicted molar refractivity (Wildman–Crippen MR) is 63.1 cm³/mol. The van der Waals surface area contributed by atoms with E-state index in [-0.39, 0.29) is 6.10 Å². The third kappa shape index (κ3) is 4.67. The first kappa shape index (κ1) is 13.2. The Bertz CT molecular complexity index is 382. The number of ether oxygens (including phenoxy) is 1. The lowest BCUT2D eigenvalue weighted by molar-refractivity contribution is -0.140. The molecule has 0 amide bonds. The molecule has 0 fully saturated rings. The van der Waals surface area contributed by atoms with Crippen LogP contribution >= 0.6 is 0 Å². The van der Waals surface area contributed by atoms with Crippen LogP contribution in [0.15, 0.2) is 12.4 Å². The number of carboxylic acid groups (broad SMARTS) is 1. The molecule has 1 rings (SSSR count). The minimum Gasteiger partial charge on any atom is -0.481 e. The van der Waals surface area contributed by atoms with Crippen molar-refractivity contribution in [3.63, 3.8) is 0 Å². The van der Waals surface area contributed by atoms with Crippen molar-refractivity contribution in [1.82, 2.24) is 9.97 Å². The number of anilines is 1. The molecule has 6 nitrogen and oxygen atoms in total. The molecule has 1 unspecified atom stereocenters. The van der Waals surface area contributed by atoms with E-state index in [4.69, 9.17) is 9.84 Å². The summed E-state index contributed by atoms with van der Waals surface area (Å²) in [6.07, 6.45) is 3.07. The van der Waals surface area contributed by atoms with Crippen molar-refractivity contribution >= 4 is 11.8 Å². The minimum atomic E-state index is -0.847. The molecule has 0 aliphatic rings. The van der Waals surface area contributed by atoms with E-state index in [0.717, 1.165) is 0 Å². The third-order valence-corrected chi connectivity index (χ3v) is 1.98. The average molecular weight is 239 g/mol. The molecule has 1 aromatic rings. The zero-order valence-electron chi connectivity index (χ0n) is 10.2. The smallest absolute Gasteiger partial charge is 0.308 e. The molecule has 0 saturated carbocycles. The number of carboxylic acids is 1. The van der Waals surface area contributed by atoms with Crippen LogP contribution in [0.1, 0.15) is 20.8 Å². The van der Waals surface area contributed by atoms with Crippen molar-refractivity contribution in [2.45, 2.75) is 26.9 Å². The second kappa shape index (κ2) is 6.03. The predicted octanol–water partition coefficient (Wildman–Crippen LogP) is 1.40. The number of nitrogens with one attached hydrogen (secondary N) is 1. The molecule has 0 aromatic carbocycles. The number of carbonyl (C=O) groups is 1. The first-order valence-electron chi connectivity index (χ1n) is 5.44. The van der Waals surface area contributed by atoms with Gasteiger partial charge >= 0.3 is 5.97 Å². The molecule has 1 aromatic heterocycles.